The molecule has 2 heterocycles. The molecule has 140 valence electrons. The summed E-state index contributed by atoms with van der Waals surface area (Å²) in [7, 11) is 0. The van der Waals surface area contributed by atoms with Crippen LogP contribution in [0.4, 0.5) is 0 Å². The number of hydrogen-bond donors (Lipinski definition) is 1. The first-order chi connectivity index (χ1) is 13.6. The predicted molar refractivity (Wildman–Crippen MR) is 120 cm³/mol. The summed E-state index contributed by atoms with van der Waals surface area (Å²) in [4.78, 5) is 4.95. The molecule has 0 amide bonds. The second kappa shape index (κ2) is 7.85. The molecule has 2 heteroatoms. The van der Waals surface area contributed by atoms with Crippen LogP contribution >= 0.6 is 0 Å². The van der Waals surface area contributed by atoms with Crippen LogP contribution in [-0.4, -0.2) is 11.8 Å². The van der Waals surface area contributed by atoms with Gasteiger partial charge in [0, 0.05) is 17.3 Å². The molecule has 0 radical (unpaired) electrons. The molecule has 0 saturated carbocycles. The predicted octanol–water partition coefficient (Wildman–Crippen LogP) is 6.06. The highest BCUT2D eigenvalue weighted by molar-refractivity contribution is 6.03. The molecule has 0 fully saturated rings. The Labute approximate surface area is 167 Å². The average molecular weight is 367 g/mol. The van der Waals surface area contributed by atoms with Crippen LogP contribution in [-0.2, 0) is 0 Å². The molecule has 0 bridgehead atoms. The number of allylic oxidation sites excluding steroid dienone is 11. The smallest absolute Gasteiger partial charge is 0.134 e. The van der Waals surface area contributed by atoms with Gasteiger partial charge in [-0.2, -0.15) is 0 Å². The fourth-order valence-corrected chi connectivity index (χ4v) is 3.84. The first-order valence-corrected chi connectivity index (χ1v) is 9.90. The highest BCUT2D eigenvalue weighted by Gasteiger charge is 2.21. The highest BCUT2D eigenvalue weighted by Crippen LogP contribution is 2.34. The van der Waals surface area contributed by atoms with Gasteiger partial charge in [0.25, 0.3) is 0 Å². The topological polar surface area (TPSA) is 24.4 Å². The lowest BCUT2D eigenvalue weighted by atomic mass is 9.88. The second-order valence-corrected chi connectivity index (χ2v) is 7.47. The minimum atomic E-state index is 0.243. The van der Waals surface area contributed by atoms with Gasteiger partial charge in [0.1, 0.15) is 5.82 Å². The third-order valence-corrected chi connectivity index (χ3v) is 5.21. The van der Waals surface area contributed by atoms with E-state index in [0.29, 0.717) is 0 Å². The van der Waals surface area contributed by atoms with Crippen LogP contribution in [0.3, 0.4) is 0 Å². The fraction of sp³-hybridized carbons (Fsp3) is 0.192. The molecular formula is C26H26N2. The minimum absolute atomic E-state index is 0.243. The van der Waals surface area contributed by atoms with Crippen LogP contribution in [0.25, 0.3) is 5.57 Å². The van der Waals surface area contributed by atoms with Gasteiger partial charge >= 0.3 is 0 Å². The Balaban J connectivity index is 1.80. The molecule has 1 atom stereocenters. The molecule has 0 aromatic heterocycles. The number of nitrogens with one attached hydrogen (secondary N) is 1. The fourth-order valence-electron chi connectivity index (χ4n) is 3.84. The van der Waals surface area contributed by atoms with Crippen LogP contribution in [0.1, 0.15) is 32.3 Å². The van der Waals surface area contributed by atoms with E-state index < -0.39 is 0 Å². The Kier molecular flexibility index (Phi) is 5.12. The van der Waals surface area contributed by atoms with E-state index in [-0.39, 0.29) is 6.04 Å². The van der Waals surface area contributed by atoms with E-state index in [9.17, 15) is 0 Å². The Hall–Kier alpha value is -3.13. The van der Waals surface area contributed by atoms with E-state index in [0.717, 1.165) is 46.7 Å². The number of hydrogen-bond acceptors (Lipinski definition) is 2. The summed E-state index contributed by atoms with van der Waals surface area (Å²) < 4.78 is 0. The largest absolute Gasteiger partial charge is 0.364 e. The highest BCUT2D eigenvalue weighted by atomic mass is 15.1. The van der Waals surface area contributed by atoms with Crippen LogP contribution in [0.2, 0.25) is 0 Å². The molecule has 2 nitrogen and oxygen atoms in total. The van der Waals surface area contributed by atoms with Crippen molar-refractivity contribution in [1.29, 1.82) is 0 Å². The van der Waals surface area contributed by atoms with Crippen LogP contribution < -0.4 is 5.32 Å². The third-order valence-electron chi connectivity index (χ3n) is 5.21. The Morgan fingerprint density at radius 3 is 2.68 bits per heavy atom. The van der Waals surface area contributed by atoms with Crippen molar-refractivity contribution in [2.75, 3.05) is 0 Å². The lowest BCUT2D eigenvalue weighted by Crippen LogP contribution is -2.29. The van der Waals surface area contributed by atoms with Crippen molar-refractivity contribution in [2.24, 2.45) is 4.99 Å². The van der Waals surface area contributed by atoms with Gasteiger partial charge in [0.2, 0.25) is 0 Å². The van der Waals surface area contributed by atoms with Crippen molar-refractivity contribution < 1.29 is 0 Å². The summed E-state index contributed by atoms with van der Waals surface area (Å²) in [6.07, 6.45) is 17.5. The van der Waals surface area contributed by atoms with Gasteiger partial charge in [-0.15, -0.1) is 0 Å². The first kappa shape index (κ1) is 18.2. The molecule has 0 saturated heterocycles. The van der Waals surface area contributed by atoms with Crippen molar-refractivity contribution in [3.8, 4) is 0 Å². The summed E-state index contributed by atoms with van der Waals surface area (Å²) in [5.74, 6) is 0.938. The maximum Gasteiger partial charge on any atom is 0.134 e. The number of aliphatic imine (C=N–C) groups is 1. The summed E-state index contributed by atoms with van der Waals surface area (Å²) >= 11 is 0. The quantitative estimate of drug-likeness (QED) is 0.675. The van der Waals surface area contributed by atoms with Gasteiger partial charge in [0.05, 0.1) is 0 Å². The van der Waals surface area contributed by atoms with E-state index >= 15 is 0 Å². The molecule has 1 unspecified atom stereocenters. The van der Waals surface area contributed by atoms with Crippen LogP contribution in [0.5, 0.6) is 0 Å². The Morgan fingerprint density at radius 2 is 1.93 bits per heavy atom. The molecule has 4 rings (SSSR count). The molecular weight excluding hydrogens is 340 g/mol. The van der Waals surface area contributed by atoms with Gasteiger partial charge in [-0.1, -0.05) is 73.4 Å². The first-order valence-electron chi connectivity index (χ1n) is 9.90. The number of dihydropyridines is 1. The van der Waals surface area contributed by atoms with E-state index in [4.69, 9.17) is 4.99 Å². The normalized spacial score (nSPS) is 26.9. The Bertz CT molecular complexity index is 1010. The zero-order chi connectivity index (χ0) is 19.5. The molecule has 1 aromatic rings. The van der Waals surface area contributed by atoms with Crippen molar-refractivity contribution in [3.63, 3.8) is 0 Å². The standard InChI is InChI=1S/C26H26N2/c1-18-14-15-23-25(22-12-8-5-9-13-22)17-20(3)28-26(23)27-19(2)16-24(18)21-10-6-4-7-11-21/h4-8,10-12,14-17,20,28H,1,9,13H2,2-3H3/b15-14-,24-16+,27-19-. The van der Waals surface area contributed by atoms with Gasteiger partial charge in [-0.3, -0.25) is 0 Å². The number of nitrogens with zero attached hydrogens (tertiary/aromatic N) is 1. The summed E-state index contributed by atoms with van der Waals surface area (Å²) in [6.45, 7) is 8.57. The SMILES string of the molecule is C=C1/C=C\C2=C(/N=C(C)\C=C/1c1ccccc1)NC(C)C=C2C1=CC=CCC1. The molecule has 3 aliphatic rings. The van der Waals surface area contributed by atoms with Crippen molar-refractivity contribution in [1.82, 2.24) is 5.32 Å². The maximum absolute atomic E-state index is 4.95. The summed E-state index contributed by atoms with van der Waals surface area (Å²) in [5.41, 5.74) is 8.03. The van der Waals surface area contributed by atoms with Gasteiger partial charge < -0.3 is 5.32 Å². The lowest BCUT2D eigenvalue weighted by molar-refractivity contribution is 0.696. The molecule has 2 aliphatic heterocycles. The lowest BCUT2D eigenvalue weighted by Gasteiger charge is -2.26. The number of rotatable bonds is 2. The third kappa shape index (κ3) is 3.77. The molecule has 1 aromatic carbocycles. The summed E-state index contributed by atoms with van der Waals surface area (Å²) in [5, 5.41) is 3.54. The maximum atomic E-state index is 4.95. The van der Waals surface area contributed by atoms with Crippen LogP contribution in [0, 0.1) is 0 Å². The minimum Gasteiger partial charge on any atom is -0.364 e. The van der Waals surface area contributed by atoms with E-state index in [1.807, 2.05) is 6.07 Å². The van der Waals surface area contributed by atoms with Crippen molar-refractivity contribution in [2.45, 2.75) is 32.7 Å². The molecule has 0 spiro atoms. The summed E-state index contributed by atoms with van der Waals surface area (Å²) in [6, 6.07) is 10.6. The monoisotopic (exact) mass is 366 g/mol. The number of benzene rings is 1. The van der Waals surface area contributed by atoms with Crippen LogP contribution in [0.15, 0.2) is 113 Å². The zero-order valence-corrected chi connectivity index (χ0v) is 16.6. The zero-order valence-electron chi connectivity index (χ0n) is 16.6. The van der Waals surface area contributed by atoms with Crippen molar-refractivity contribution >= 4 is 11.3 Å². The second-order valence-electron chi connectivity index (χ2n) is 7.47. The molecule has 1 aliphatic carbocycles. The van der Waals surface area contributed by atoms with E-state index in [1.54, 1.807) is 0 Å². The average Bonchev–Trinajstić information content (AvgIpc) is 2.77. The Morgan fingerprint density at radius 1 is 1.11 bits per heavy atom. The van der Waals surface area contributed by atoms with Gasteiger partial charge in [-0.05, 0) is 60.6 Å². The van der Waals surface area contributed by atoms with Crippen molar-refractivity contribution in [3.05, 3.63) is 113 Å². The van der Waals surface area contributed by atoms with E-state index in [1.165, 1.54) is 11.1 Å². The van der Waals surface area contributed by atoms with Gasteiger partial charge in [0.15, 0.2) is 0 Å². The molecule has 28 heavy (non-hydrogen) atoms. The molecule has 1 N–H and O–H groups in total. The van der Waals surface area contributed by atoms with Gasteiger partial charge in [-0.25, -0.2) is 4.99 Å². The van der Waals surface area contributed by atoms with E-state index in [2.05, 4.69) is 92.5 Å².